The lowest BCUT2D eigenvalue weighted by Crippen LogP contribution is -2.28. The topological polar surface area (TPSA) is 38.0 Å². The number of para-hydroxylation sites is 1. The lowest BCUT2D eigenvalue weighted by atomic mass is 10.3. The second-order valence-corrected chi connectivity index (χ2v) is 10.7. The van der Waals surface area contributed by atoms with Gasteiger partial charge in [0.1, 0.15) is 5.58 Å². The van der Waals surface area contributed by atoms with Crippen LogP contribution in [0.5, 0.6) is 0 Å². The molecule has 1 aromatic heterocycles. The SMILES string of the molecule is BrC(Br)(Br)C1C=NN(c2cc3ccccc3o2)O1. The van der Waals surface area contributed by atoms with E-state index in [1.165, 1.54) is 5.17 Å². The molecule has 0 amide bonds. The van der Waals surface area contributed by atoms with Gasteiger partial charge in [0.05, 0.1) is 6.21 Å². The van der Waals surface area contributed by atoms with Crippen molar-refractivity contribution < 1.29 is 9.25 Å². The van der Waals surface area contributed by atoms with Crippen molar-refractivity contribution in [2.45, 2.75) is 8.25 Å². The van der Waals surface area contributed by atoms with E-state index in [2.05, 4.69) is 52.9 Å². The zero-order valence-electron chi connectivity index (χ0n) is 8.89. The molecule has 0 bridgehead atoms. The summed E-state index contributed by atoms with van der Waals surface area (Å²) in [6.07, 6.45) is 1.39. The Labute approximate surface area is 128 Å². The molecule has 1 aliphatic heterocycles. The number of alkyl halides is 3. The van der Waals surface area contributed by atoms with E-state index < -0.39 is 2.14 Å². The highest BCUT2D eigenvalue weighted by Gasteiger charge is 2.37. The van der Waals surface area contributed by atoms with E-state index in [-0.39, 0.29) is 6.10 Å². The minimum absolute atomic E-state index is 0.286. The van der Waals surface area contributed by atoms with Crippen LogP contribution in [0.3, 0.4) is 0 Å². The first-order valence-electron chi connectivity index (χ1n) is 5.10. The van der Waals surface area contributed by atoms with Crippen LogP contribution in [0.4, 0.5) is 5.88 Å². The predicted molar refractivity (Wildman–Crippen MR) is 81.6 cm³/mol. The van der Waals surface area contributed by atoms with Crippen molar-refractivity contribution in [2.75, 3.05) is 5.17 Å². The van der Waals surface area contributed by atoms with Crippen molar-refractivity contribution in [1.29, 1.82) is 0 Å². The van der Waals surface area contributed by atoms with Crippen molar-refractivity contribution in [3.05, 3.63) is 30.3 Å². The molecule has 0 saturated carbocycles. The summed E-state index contributed by atoms with van der Waals surface area (Å²) in [6.45, 7) is 0. The molecule has 94 valence electrons. The second-order valence-electron chi connectivity index (χ2n) is 3.73. The molecule has 4 nitrogen and oxygen atoms in total. The van der Waals surface area contributed by atoms with Crippen LogP contribution in [0, 0.1) is 0 Å². The van der Waals surface area contributed by atoms with E-state index in [0.717, 1.165) is 11.0 Å². The van der Waals surface area contributed by atoms with Gasteiger partial charge in [-0.05, 0) is 6.07 Å². The average molecular weight is 439 g/mol. The predicted octanol–water partition coefficient (Wildman–Crippen LogP) is 4.38. The van der Waals surface area contributed by atoms with Crippen LogP contribution in [0.2, 0.25) is 0 Å². The summed E-state index contributed by atoms with van der Waals surface area (Å²) in [5, 5.41) is 6.53. The maximum Gasteiger partial charge on any atom is 0.243 e. The molecule has 0 aliphatic carbocycles. The van der Waals surface area contributed by atoms with Crippen LogP contribution in [0.15, 0.2) is 39.9 Å². The largest absolute Gasteiger partial charge is 0.437 e. The lowest BCUT2D eigenvalue weighted by molar-refractivity contribution is 0.0977. The highest BCUT2D eigenvalue weighted by Crippen LogP contribution is 2.41. The minimum Gasteiger partial charge on any atom is -0.437 e. The van der Waals surface area contributed by atoms with Crippen molar-refractivity contribution in [3.8, 4) is 0 Å². The first-order chi connectivity index (χ1) is 8.54. The van der Waals surface area contributed by atoms with Crippen LogP contribution in [-0.2, 0) is 4.84 Å². The first-order valence-corrected chi connectivity index (χ1v) is 7.48. The Balaban J connectivity index is 1.87. The summed E-state index contributed by atoms with van der Waals surface area (Å²) in [5.41, 5.74) is 0.803. The number of fused-ring (bicyclic) bond motifs is 1. The zero-order valence-corrected chi connectivity index (χ0v) is 13.6. The molecule has 3 rings (SSSR count). The fraction of sp³-hybridized carbons (Fsp3) is 0.182. The number of hydrogen-bond acceptors (Lipinski definition) is 4. The number of benzene rings is 1. The van der Waals surface area contributed by atoms with E-state index in [9.17, 15) is 0 Å². The molecule has 0 radical (unpaired) electrons. The van der Waals surface area contributed by atoms with Crippen LogP contribution < -0.4 is 5.17 Å². The molecule has 0 fully saturated rings. The van der Waals surface area contributed by atoms with Crippen molar-refractivity contribution in [3.63, 3.8) is 0 Å². The molecular weight excluding hydrogens is 432 g/mol. The van der Waals surface area contributed by atoms with E-state index in [1.54, 1.807) is 6.21 Å². The van der Waals surface area contributed by atoms with Gasteiger partial charge in [-0.15, -0.1) is 5.17 Å². The van der Waals surface area contributed by atoms with E-state index in [0.29, 0.717) is 5.88 Å². The summed E-state index contributed by atoms with van der Waals surface area (Å²) in [4.78, 5) is 5.62. The third-order valence-corrected chi connectivity index (χ3v) is 3.80. The quantitative estimate of drug-likeness (QED) is 0.620. The van der Waals surface area contributed by atoms with E-state index >= 15 is 0 Å². The average Bonchev–Trinajstić information content (AvgIpc) is 2.94. The number of anilines is 1. The highest BCUT2D eigenvalue weighted by molar-refractivity contribution is 9.39. The Hall–Kier alpha value is -0.370. The maximum atomic E-state index is 5.65. The van der Waals surface area contributed by atoms with Gasteiger partial charge in [0.15, 0.2) is 8.25 Å². The number of nitrogens with zero attached hydrogens (tertiary/aromatic N) is 2. The number of rotatable bonds is 1. The molecule has 7 heteroatoms. The Morgan fingerprint density at radius 1 is 1.22 bits per heavy atom. The monoisotopic (exact) mass is 436 g/mol. The van der Waals surface area contributed by atoms with Gasteiger partial charge < -0.3 is 4.42 Å². The summed E-state index contributed by atoms with van der Waals surface area (Å²) in [7, 11) is 0. The Bertz CT molecular complexity index is 573. The van der Waals surface area contributed by atoms with Crippen LogP contribution in [0.25, 0.3) is 11.0 Å². The Morgan fingerprint density at radius 3 is 2.67 bits per heavy atom. The van der Waals surface area contributed by atoms with Gasteiger partial charge in [0.2, 0.25) is 5.88 Å². The van der Waals surface area contributed by atoms with Gasteiger partial charge in [-0.25, -0.2) is 4.84 Å². The highest BCUT2D eigenvalue weighted by atomic mass is 80.0. The summed E-state index contributed by atoms with van der Waals surface area (Å²) >= 11 is 10.2. The van der Waals surface area contributed by atoms with Gasteiger partial charge in [-0.2, -0.15) is 5.10 Å². The molecule has 18 heavy (non-hydrogen) atoms. The molecule has 1 unspecified atom stereocenters. The van der Waals surface area contributed by atoms with Crippen molar-refractivity contribution in [1.82, 2.24) is 0 Å². The van der Waals surface area contributed by atoms with Gasteiger partial charge in [0, 0.05) is 11.5 Å². The molecule has 1 atom stereocenters. The summed E-state index contributed by atoms with van der Waals surface area (Å²) < 4.78 is 5.11. The van der Waals surface area contributed by atoms with Gasteiger partial charge in [-0.1, -0.05) is 66.0 Å². The minimum atomic E-state index is -0.544. The number of hydrazone groups is 1. The van der Waals surface area contributed by atoms with Gasteiger partial charge in [0.25, 0.3) is 0 Å². The summed E-state index contributed by atoms with van der Waals surface area (Å²) in [6, 6.07) is 9.64. The molecule has 1 aromatic carbocycles. The fourth-order valence-corrected chi connectivity index (χ4v) is 2.20. The van der Waals surface area contributed by atoms with Crippen LogP contribution in [0.1, 0.15) is 0 Å². The van der Waals surface area contributed by atoms with Crippen LogP contribution in [-0.4, -0.2) is 14.5 Å². The molecule has 2 aromatic rings. The molecular formula is C11H7Br3N2O2. The second kappa shape index (κ2) is 4.63. The third kappa shape index (κ3) is 2.36. The van der Waals surface area contributed by atoms with Gasteiger partial charge >= 0.3 is 0 Å². The molecule has 2 heterocycles. The third-order valence-electron chi connectivity index (χ3n) is 2.44. The summed E-state index contributed by atoms with van der Waals surface area (Å²) in [5.74, 6) is 0.548. The van der Waals surface area contributed by atoms with E-state index in [4.69, 9.17) is 9.25 Å². The number of furan rings is 1. The first kappa shape index (κ1) is 12.7. The fourth-order valence-electron chi connectivity index (χ4n) is 1.60. The van der Waals surface area contributed by atoms with Crippen molar-refractivity contribution in [2.24, 2.45) is 5.10 Å². The van der Waals surface area contributed by atoms with Crippen molar-refractivity contribution >= 4 is 70.9 Å². The molecule has 0 N–H and O–H groups in total. The molecule has 0 spiro atoms. The van der Waals surface area contributed by atoms with Gasteiger partial charge in [-0.3, -0.25) is 0 Å². The maximum absolute atomic E-state index is 5.65. The molecule has 0 saturated heterocycles. The van der Waals surface area contributed by atoms with Crippen LogP contribution >= 0.6 is 47.8 Å². The number of halogens is 3. The zero-order chi connectivity index (χ0) is 12.8. The lowest BCUT2D eigenvalue weighted by Gasteiger charge is -2.19. The smallest absolute Gasteiger partial charge is 0.243 e. The standard InChI is InChI=1S/C11H7Br3N2O2/c12-11(13,14)9-6-15-16(18-9)10-5-7-3-1-2-4-8(7)17-10/h1-6,9H. The normalized spacial score (nSPS) is 19.9. The number of hydrogen-bond donors (Lipinski definition) is 0. The Kier molecular flexibility index (Phi) is 3.25. The Morgan fingerprint density at radius 2 is 2.00 bits per heavy atom. The van der Waals surface area contributed by atoms with E-state index in [1.807, 2.05) is 30.3 Å². The molecule has 1 aliphatic rings.